The van der Waals surface area contributed by atoms with Gasteiger partial charge in [0.25, 0.3) is 0 Å². The van der Waals surface area contributed by atoms with Crippen LogP contribution in [-0.4, -0.2) is 54.4 Å². The van der Waals surface area contributed by atoms with Crippen molar-refractivity contribution in [1.29, 1.82) is 0 Å². The van der Waals surface area contributed by atoms with Crippen molar-refractivity contribution in [2.24, 2.45) is 0 Å². The molecule has 0 amide bonds. The van der Waals surface area contributed by atoms with Crippen LogP contribution in [0.1, 0.15) is 26.7 Å². The first kappa shape index (κ1) is 18.1. The van der Waals surface area contributed by atoms with Crippen molar-refractivity contribution in [3.05, 3.63) is 0 Å². The molecule has 0 aromatic heterocycles. The van der Waals surface area contributed by atoms with Crippen molar-refractivity contribution in [2.75, 3.05) is 20.9 Å². The molecule has 1 aliphatic heterocycles. The summed E-state index contributed by atoms with van der Waals surface area (Å²) in [4.78, 5) is 0. The first-order valence-corrected chi connectivity index (χ1v) is 5.00. The van der Waals surface area contributed by atoms with Gasteiger partial charge < -0.3 is 24.8 Å². The molecule has 0 spiro atoms. The van der Waals surface area contributed by atoms with Gasteiger partial charge in [0.05, 0.1) is 6.10 Å². The topological polar surface area (TPSA) is 79.2 Å². The summed E-state index contributed by atoms with van der Waals surface area (Å²) in [5.41, 5.74) is 0. The number of ether oxygens (including phenoxy) is 2. The molecule has 2 unspecified atom stereocenters. The van der Waals surface area contributed by atoms with Crippen LogP contribution in [0, 0.1) is 0 Å². The lowest BCUT2D eigenvalue weighted by Gasteiger charge is -2.07. The van der Waals surface area contributed by atoms with E-state index < -0.39 is 5.79 Å². The number of hydrogen-bond donors (Lipinski definition) is 3. The predicted octanol–water partition coefficient (Wildman–Crippen LogP) is 0.423. The molecule has 0 saturated carbocycles. The fourth-order valence-electron chi connectivity index (χ4n) is 0.960. The number of aliphatic hydroxyl groups excluding tert-OH is 1. The van der Waals surface area contributed by atoms with Gasteiger partial charge in [-0.25, -0.2) is 4.39 Å². The van der Waals surface area contributed by atoms with E-state index in [1.165, 1.54) is 13.8 Å². The van der Waals surface area contributed by atoms with Crippen LogP contribution >= 0.6 is 0 Å². The highest BCUT2D eigenvalue weighted by Gasteiger charge is 2.24. The lowest BCUT2D eigenvalue weighted by atomic mass is 10.2. The molecule has 0 aromatic carbocycles. The quantitative estimate of drug-likeness (QED) is 0.612. The second kappa shape index (κ2) is 9.92. The Balaban J connectivity index is 0. The lowest BCUT2D eigenvalue weighted by molar-refractivity contribution is -0.127. The number of rotatable bonds is 2. The van der Waals surface area contributed by atoms with Crippen molar-refractivity contribution in [3.8, 4) is 0 Å². The SMILES string of the molecule is CC(C)(O)O.CO.COC1CCC(CF)O1. The van der Waals surface area contributed by atoms with E-state index in [1.807, 2.05) is 0 Å². The molecular formula is C10H23FO5. The van der Waals surface area contributed by atoms with E-state index in [0.29, 0.717) is 0 Å². The summed E-state index contributed by atoms with van der Waals surface area (Å²) in [6.45, 7) is 2.21. The molecule has 3 N–H and O–H groups in total. The minimum Gasteiger partial charge on any atom is -0.400 e. The van der Waals surface area contributed by atoms with Crippen LogP contribution in [-0.2, 0) is 9.47 Å². The number of halogens is 1. The molecule has 100 valence electrons. The van der Waals surface area contributed by atoms with Crippen LogP contribution in [0.2, 0.25) is 0 Å². The smallest absolute Gasteiger partial charge is 0.157 e. The zero-order valence-corrected chi connectivity index (χ0v) is 10.3. The van der Waals surface area contributed by atoms with Gasteiger partial charge >= 0.3 is 0 Å². The first-order chi connectivity index (χ1) is 7.36. The Morgan fingerprint density at radius 3 is 1.94 bits per heavy atom. The third kappa shape index (κ3) is 13.7. The first-order valence-electron chi connectivity index (χ1n) is 5.00. The molecular weight excluding hydrogens is 219 g/mol. The van der Waals surface area contributed by atoms with E-state index in [9.17, 15) is 4.39 Å². The molecule has 1 aliphatic rings. The molecule has 1 saturated heterocycles. The van der Waals surface area contributed by atoms with Gasteiger partial charge in [-0.05, 0) is 20.3 Å². The van der Waals surface area contributed by atoms with Crippen molar-refractivity contribution < 1.29 is 29.2 Å². The third-order valence-electron chi connectivity index (χ3n) is 1.50. The van der Waals surface area contributed by atoms with Gasteiger partial charge in [0.15, 0.2) is 12.1 Å². The molecule has 6 heteroatoms. The normalized spacial score (nSPS) is 24.0. The maximum Gasteiger partial charge on any atom is 0.157 e. The standard InChI is InChI=1S/C6H11FO2.C3H8O2.CH4O/c1-8-6-3-2-5(4-7)9-6;1-3(2,4)5;1-2/h5-6H,2-4H2,1H3;4-5H,1-2H3;2H,1H3. The van der Waals surface area contributed by atoms with Crippen molar-refractivity contribution >= 4 is 0 Å². The summed E-state index contributed by atoms with van der Waals surface area (Å²) in [6, 6.07) is 0. The van der Waals surface area contributed by atoms with Gasteiger partial charge in [-0.3, -0.25) is 0 Å². The molecule has 2 atom stereocenters. The third-order valence-corrected chi connectivity index (χ3v) is 1.50. The van der Waals surface area contributed by atoms with Crippen LogP contribution in [0.15, 0.2) is 0 Å². The van der Waals surface area contributed by atoms with Gasteiger partial charge in [-0.15, -0.1) is 0 Å². The van der Waals surface area contributed by atoms with Gasteiger partial charge in [0.2, 0.25) is 0 Å². The molecule has 1 fully saturated rings. The molecule has 1 heterocycles. The Bertz CT molecular complexity index is 133. The van der Waals surface area contributed by atoms with Gasteiger partial charge in [-0.1, -0.05) is 0 Å². The fraction of sp³-hybridized carbons (Fsp3) is 1.00. The molecule has 0 radical (unpaired) electrons. The predicted molar refractivity (Wildman–Crippen MR) is 57.5 cm³/mol. The average Bonchev–Trinajstić information content (AvgIpc) is 2.66. The van der Waals surface area contributed by atoms with E-state index in [2.05, 4.69) is 0 Å². The monoisotopic (exact) mass is 242 g/mol. The van der Waals surface area contributed by atoms with E-state index in [1.54, 1.807) is 7.11 Å². The van der Waals surface area contributed by atoms with E-state index in [4.69, 9.17) is 24.8 Å². The largest absolute Gasteiger partial charge is 0.400 e. The van der Waals surface area contributed by atoms with Crippen LogP contribution in [0.3, 0.4) is 0 Å². The highest BCUT2D eigenvalue weighted by atomic mass is 19.1. The Kier molecular flexibility index (Phi) is 11.2. The Morgan fingerprint density at radius 2 is 1.75 bits per heavy atom. The van der Waals surface area contributed by atoms with Crippen LogP contribution in [0.25, 0.3) is 0 Å². The second-order valence-electron chi connectivity index (χ2n) is 3.65. The number of aliphatic hydroxyl groups is 3. The van der Waals surface area contributed by atoms with E-state index >= 15 is 0 Å². The van der Waals surface area contributed by atoms with Crippen LogP contribution in [0.5, 0.6) is 0 Å². The minimum atomic E-state index is -1.50. The molecule has 1 rings (SSSR count). The summed E-state index contributed by atoms with van der Waals surface area (Å²) in [5.74, 6) is -1.50. The van der Waals surface area contributed by atoms with E-state index in [0.717, 1.165) is 20.0 Å². The van der Waals surface area contributed by atoms with Gasteiger partial charge in [-0.2, -0.15) is 0 Å². The summed E-state index contributed by atoms with van der Waals surface area (Å²) in [6.07, 6.45) is 1.24. The Morgan fingerprint density at radius 1 is 1.31 bits per heavy atom. The summed E-state index contributed by atoms with van der Waals surface area (Å²) in [5, 5.41) is 23.2. The Hall–Kier alpha value is -0.270. The molecule has 0 aromatic rings. The van der Waals surface area contributed by atoms with Gasteiger partial charge in [0.1, 0.15) is 6.67 Å². The lowest BCUT2D eigenvalue weighted by Crippen LogP contribution is -2.15. The van der Waals surface area contributed by atoms with Crippen molar-refractivity contribution in [2.45, 2.75) is 44.9 Å². The molecule has 0 bridgehead atoms. The average molecular weight is 242 g/mol. The summed E-state index contributed by atoms with van der Waals surface area (Å²) in [7, 11) is 2.57. The maximum atomic E-state index is 11.8. The zero-order valence-electron chi connectivity index (χ0n) is 10.3. The Labute approximate surface area is 95.8 Å². The number of hydrogen-bond acceptors (Lipinski definition) is 5. The van der Waals surface area contributed by atoms with Crippen molar-refractivity contribution in [1.82, 2.24) is 0 Å². The fourth-order valence-corrected chi connectivity index (χ4v) is 0.960. The number of alkyl halides is 1. The maximum absolute atomic E-state index is 11.8. The number of methoxy groups -OCH3 is 1. The highest BCUT2D eigenvalue weighted by Crippen LogP contribution is 2.19. The van der Waals surface area contributed by atoms with Crippen molar-refractivity contribution in [3.63, 3.8) is 0 Å². The zero-order chi connectivity index (χ0) is 13.2. The molecule has 16 heavy (non-hydrogen) atoms. The molecule has 0 aliphatic carbocycles. The minimum absolute atomic E-state index is 0.161. The van der Waals surface area contributed by atoms with Crippen LogP contribution < -0.4 is 0 Å². The summed E-state index contributed by atoms with van der Waals surface area (Å²) < 4.78 is 21.7. The molecule has 5 nitrogen and oxygen atoms in total. The van der Waals surface area contributed by atoms with E-state index in [-0.39, 0.29) is 19.1 Å². The van der Waals surface area contributed by atoms with Crippen LogP contribution in [0.4, 0.5) is 4.39 Å². The second-order valence-corrected chi connectivity index (χ2v) is 3.65. The summed E-state index contributed by atoms with van der Waals surface area (Å²) >= 11 is 0. The van der Waals surface area contributed by atoms with Gasteiger partial charge in [0, 0.05) is 20.6 Å². The highest BCUT2D eigenvalue weighted by molar-refractivity contribution is 4.66.